The van der Waals surface area contributed by atoms with E-state index in [1.807, 2.05) is 24.3 Å². The summed E-state index contributed by atoms with van der Waals surface area (Å²) in [5.41, 5.74) is 0.569. The Kier molecular flexibility index (Phi) is 1.79. The lowest BCUT2D eigenvalue weighted by atomic mass is 10.2. The van der Waals surface area contributed by atoms with E-state index in [0.29, 0.717) is 10.9 Å². The number of fused-ring (bicyclic) bond motifs is 3. The minimum atomic E-state index is -0.305. The van der Waals surface area contributed by atoms with Gasteiger partial charge in [-0.05, 0) is 15.5 Å². The van der Waals surface area contributed by atoms with Crippen molar-refractivity contribution in [1.29, 1.82) is 0 Å². The van der Waals surface area contributed by atoms with Crippen LogP contribution in [0.15, 0.2) is 33.9 Å². The van der Waals surface area contributed by atoms with Crippen molar-refractivity contribution in [3.05, 3.63) is 45.0 Å². The highest BCUT2D eigenvalue weighted by Gasteiger charge is 2.11. The molecule has 1 atom stereocenters. The second-order valence-corrected chi connectivity index (χ2v) is 4.05. The smallest absolute Gasteiger partial charge is 0.287 e. The van der Waals surface area contributed by atoms with E-state index in [0.717, 1.165) is 15.4 Å². The molecule has 0 saturated carbocycles. The van der Waals surface area contributed by atoms with Crippen molar-refractivity contribution in [2.24, 2.45) is 0 Å². The quantitative estimate of drug-likeness (QED) is 0.564. The van der Waals surface area contributed by atoms with Gasteiger partial charge in [-0.2, -0.15) is 0 Å². The number of hydrogen-bond donors (Lipinski definition) is 2. The molecule has 3 aromatic rings. The van der Waals surface area contributed by atoms with Crippen LogP contribution < -0.4 is 11.1 Å². The van der Waals surface area contributed by atoms with Crippen molar-refractivity contribution in [3.8, 4) is 0 Å². The second kappa shape index (κ2) is 3.06. The molecule has 0 aliphatic heterocycles. The number of rotatable bonds is 0. The van der Waals surface area contributed by atoms with Crippen LogP contribution in [0.5, 0.6) is 0 Å². The number of H-pyrrole nitrogens is 2. The van der Waals surface area contributed by atoms with Crippen LogP contribution in [0.4, 0.5) is 0 Å². The number of para-hydroxylation sites is 1. The number of nitrogens with one attached hydrogen (secondary N) is 2. The van der Waals surface area contributed by atoms with Gasteiger partial charge in [-0.25, -0.2) is 4.45 Å². The molecule has 5 nitrogen and oxygen atoms in total. The monoisotopic (exact) mass is 233 g/mol. The highest BCUT2D eigenvalue weighted by molar-refractivity contribution is 7.14. The summed E-state index contributed by atoms with van der Waals surface area (Å²) in [5.74, 6) is 0. The van der Waals surface area contributed by atoms with Gasteiger partial charge in [0, 0.05) is 10.9 Å². The zero-order valence-corrected chi connectivity index (χ0v) is 9.31. The van der Waals surface area contributed by atoms with Gasteiger partial charge in [-0.3, -0.25) is 14.7 Å². The number of nitrogens with zero attached hydrogens (tertiary/aromatic N) is 1. The summed E-state index contributed by atoms with van der Waals surface area (Å²) in [6.07, 6.45) is 0. The van der Waals surface area contributed by atoms with Crippen LogP contribution in [0.1, 0.15) is 0 Å². The molecule has 1 aromatic carbocycles. The first kappa shape index (κ1) is 9.36. The van der Waals surface area contributed by atoms with Crippen molar-refractivity contribution < 1.29 is 0 Å². The Hall–Kier alpha value is -1.87. The molecule has 1 unspecified atom stereocenters. The normalized spacial score (nSPS) is 11.3. The second-order valence-electron chi connectivity index (χ2n) is 3.54. The van der Waals surface area contributed by atoms with Crippen molar-refractivity contribution in [3.63, 3.8) is 0 Å². The summed E-state index contributed by atoms with van der Waals surface area (Å²) in [6, 6.07) is 7.34. The Morgan fingerprint density at radius 3 is 2.75 bits per heavy atom. The minimum Gasteiger partial charge on any atom is -0.350 e. The van der Waals surface area contributed by atoms with Gasteiger partial charge in [0.05, 0.1) is 5.39 Å². The molecule has 2 N–H and O–H groups in total. The van der Waals surface area contributed by atoms with E-state index < -0.39 is 0 Å². The van der Waals surface area contributed by atoms with E-state index in [4.69, 9.17) is 0 Å². The van der Waals surface area contributed by atoms with Crippen LogP contribution in [-0.4, -0.2) is 14.5 Å². The Morgan fingerprint density at radius 1 is 1.19 bits per heavy atom. The summed E-state index contributed by atoms with van der Waals surface area (Å²) < 4.78 is 1.12. The molecule has 2 aromatic heterocycles. The Morgan fingerprint density at radius 2 is 1.94 bits per heavy atom. The zero-order chi connectivity index (χ0) is 11.3. The number of hydrogen-bond acceptors (Lipinski definition) is 2. The Labute approximate surface area is 91.3 Å². The summed E-state index contributed by atoms with van der Waals surface area (Å²) in [4.78, 5) is 26.5. The molecule has 0 fully saturated rings. The molecule has 6 heteroatoms. The first-order chi connectivity index (χ1) is 7.68. The maximum atomic E-state index is 11.9. The fourth-order valence-corrected chi connectivity index (χ4v) is 2.12. The first-order valence-corrected chi connectivity index (χ1v) is 5.21. The molecular formula is C10H8N3O2P. The van der Waals surface area contributed by atoms with Gasteiger partial charge in [0.15, 0.2) is 0 Å². The van der Waals surface area contributed by atoms with Crippen LogP contribution in [-0.2, 0) is 0 Å². The fraction of sp³-hybridized carbons (Fsp3) is 0. The standard InChI is InChI=1S/C10H8N3O2P/c14-9-8-7(10(15)13(16)12-9)5-3-1-2-4-6(5)11-8/h1-4,11H,16H2,(H,12,14). The average molecular weight is 233 g/mol. The van der Waals surface area contributed by atoms with Gasteiger partial charge < -0.3 is 4.98 Å². The van der Waals surface area contributed by atoms with E-state index in [9.17, 15) is 9.59 Å². The van der Waals surface area contributed by atoms with Crippen LogP contribution in [0.25, 0.3) is 21.8 Å². The molecule has 16 heavy (non-hydrogen) atoms. The van der Waals surface area contributed by atoms with Gasteiger partial charge >= 0.3 is 0 Å². The topological polar surface area (TPSA) is 70.7 Å². The Balaban J connectivity index is 2.77. The van der Waals surface area contributed by atoms with Gasteiger partial charge in [0.1, 0.15) is 5.52 Å². The summed E-state index contributed by atoms with van der Waals surface area (Å²) >= 11 is 0. The summed E-state index contributed by atoms with van der Waals surface area (Å²) in [6.45, 7) is 0. The van der Waals surface area contributed by atoms with E-state index in [1.54, 1.807) is 0 Å². The van der Waals surface area contributed by atoms with Crippen LogP contribution in [0, 0.1) is 0 Å². The van der Waals surface area contributed by atoms with E-state index >= 15 is 0 Å². The molecule has 0 radical (unpaired) electrons. The van der Waals surface area contributed by atoms with Gasteiger partial charge in [0.25, 0.3) is 11.1 Å². The molecule has 80 valence electrons. The molecule has 0 aliphatic carbocycles. The molecule has 0 saturated heterocycles. The molecule has 0 spiro atoms. The highest BCUT2D eigenvalue weighted by atomic mass is 31.0. The van der Waals surface area contributed by atoms with Gasteiger partial charge in [-0.15, -0.1) is 0 Å². The largest absolute Gasteiger partial charge is 0.350 e. The van der Waals surface area contributed by atoms with Crippen LogP contribution in [0.2, 0.25) is 0 Å². The van der Waals surface area contributed by atoms with Crippen molar-refractivity contribution in [2.75, 3.05) is 0 Å². The summed E-state index contributed by atoms with van der Waals surface area (Å²) in [7, 11) is 2.17. The van der Waals surface area contributed by atoms with Crippen molar-refractivity contribution in [1.82, 2.24) is 14.5 Å². The van der Waals surface area contributed by atoms with Crippen molar-refractivity contribution in [2.45, 2.75) is 0 Å². The summed E-state index contributed by atoms with van der Waals surface area (Å²) in [5, 5.41) is 3.62. The highest BCUT2D eigenvalue weighted by Crippen LogP contribution is 2.19. The van der Waals surface area contributed by atoms with Gasteiger partial charge in [0.2, 0.25) is 0 Å². The van der Waals surface area contributed by atoms with E-state index in [1.165, 1.54) is 0 Å². The number of benzene rings is 1. The lowest BCUT2D eigenvalue weighted by Gasteiger charge is -1.95. The molecule has 0 amide bonds. The first-order valence-electron chi connectivity index (χ1n) is 4.69. The predicted octanol–water partition coefficient (Wildman–Crippen LogP) is 0.809. The lowest BCUT2D eigenvalue weighted by molar-refractivity contribution is 0.908. The SMILES string of the molecule is O=c1[nH]n(P)c(=O)c2c1[nH]c1ccccc12. The minimum absolute atomic E-state index is 0.239. The van der Waals surface area contributed by atoms with Gasteiger partial charge in [-0.1, -0.05) is 18.2 Å². The fourth-order valence-electron chi connectivity index (χ4n) is 1.87. The molecular weight excluding hydrogens is 225 g/mol. The third kappa shape index (κ3) is 1.09. The van der Waals surface area contributed by atoms with Crippen LogP contribution in [0.3, 0.4) is 0 Å². The van der Waals surface area contributed by atoms with Crippen molar-refractivity contribution >= 4 is 31.2 Å². The van der Waals surface area contributed by atoms with Crippen LogP contribution >= 0.6 is 9.39 Å². The molecule has 0 bridgehead atoms. The predicted molar refractivity (Wildman–Crippen MR) is 65.8 cm³/mol. The maximum absolute atomic E-state index is 11.9. The molecule has 0 aliphatic rings. The third-order valence-electron chi connectivity index (χ3n) is 2.59. The Bertz CT molecular complexity index is 812. The van der Waals surface area contributed by atoms with E-state index in [2.05, 4.69) is 19.5 Å². The molecule has 2 heterocycles. The van der Waals surface area contributed by atoms with E-state index in [-0.39, 0.29) is 11.1 Å². The molecule has 3 rings (SSSR count). The number of aromatic nitrogens is 3. The zero-order valence-electron chi connectivity index (χ0n) is 8.15. The maximum Gasteiger partial charge on any atom is 0.287 e. The lowest BCUT2D eigenvalue weighted by Crippen LogP contribution is -2.23. The average Bonchev–Trinajstić information content (AvgIpc) is 2.66. The third-order valence-corrected chi connectivity index (χ3v) is 2.95. The number of aromatic amines is 2.